The van der Waals surface area contributed by atoms with Gasteiger partial charge in [-0.3, -0.25) is 4.79 Å². The zero-order chi connectivity index (χ0) is 22.2. The van der Waals surface area contributed by atoms with E-state index in [-0.39, 0.29) is 35.1 Å². The van der Waals surface area contributed by atoms with Gasteiger partial charge in [-0.15, -0.1) is 0 Å². The fourth-order valence-corrected chi connectivity index (χ4v) is 5.33. The Hall–Kier alpha value is -2.32. The van der Waals surface area contributed by atoms with E-state index in [1.165, 1.54) is 18.2 Å². The van der Waals surface area contributed by atoms with Gasteiger partial charge in [-0.25, -0.2) is 21.9 Å². The number of carbonyl (C=O) groups excluding carboxylic acids is 1. The molecule has 1 saturated heterocycles. The van der Waals surface area contributed by atoms with Crippen LogP contribution in [0.25, 0.3) is 11.1 Å². The second-order valence-electron chi connectivity index (χ2n) is 8.28. The lowest BCUT2D eigenvalue weighted by atomic mass is 9.95. The highest BCUT2D eigenvalue weighted by atomic mass is 32.2. The molecule has 4 rings (SSSR count). The molecule has 0 spiro atoms. The number of sulfonamides is 1. The van der Waals surface area contributed by atoms with Crippen LogP contribution < -0.4 is 4.72 Å². The molecule has 2 aromatic rings. The molecule has 0 radical (unpaired) electrons. The second-order valence-corrected chi connectivity index (χ2v) is 10.3. The Balaban J connectivity index is 1.50. The molecule has 3 unspecified atom stereocenters. The number of nitrogens with one attached hydrogen (secondary N) is 1. The molecule has 3 atom stereocenters. The van der Waals surface area contributed by atoms with Crippen molar-refractivity contribution in [3.05, 3.63) is 59.7 Å². The first kappa shape index (κ1) is 21.9. The van der Waals surface area contributed by atoms with Gasteiger partial charge in [0, 0.05) is 25.0 Å². The number of amides is 1. The first-order chi connectivity index (χ1) is 14.8. The number of benzene rings is 2. The quantitative estimate of drug-likeness (QED) is 0.733. The molecular formula is C23H26F2N2O3S. The highest BCUT2D eigenvalue weighted by molar-refractivity contribution is 7.89. The predicted molar refractivity (Wildman–Crippen MR) is 115 cm³/mol. The second kappa shape index (κ2) is 8.67. The zero-order valence-electron chi connectivity index (χ0n) is 17.4. The third kappa shape index (κ3) is 4.65. The van der Waals surface area contributed by atoms with Crippen molar-refractivity contribution in [2.45, 2.75) is 38.1 Å². The standard InChI is InChI=1S/C23H26F2N2O3S/c1-2-31(29,30)26-15-7-6-12-27(14-15)23(28)19-13-18(19)16-8-3-4-9-17(16)22-20(24)10-5-11-21(22)25/h3-5,8-11,15,18-19,26H,2,6-7,12-14H2,1H3. The first-order valence-corrected chi connectivity index (χ1v) is 12.3. The number of hydrogen-bond donors (Lipinski definition) is 1. The van der Waals surface area contributed by atoms with Gasteiger partial charge >= 0.3 is 0 Å². The van der Waals surface area contributed by atoms with Crippen molar-refractivity contribution in [1.82, 2.24) is 9.62 Å². The summed E-state index contributed by atoms with van der Waals surface area (Å²) in [6, 6.07) is 10.6. The van der Waals surface area contributed by atoms with E-state index >= 15 is 0 Å². The molecule has 1 amide bonds. The van der Waals surface area contributed by atoms with Gasteiger partial charge in [0.15, 0.2) is 0 Å². The van der Waals surface area contributed by atoms with Crippen molar-refractivity contribution in [3.8, 4) is 11.1 Å². The number of piperidine rings is 1. The summed E-state index contributed by atoms with van der Waals surface area (Å²) in [5.74, 6) is -1.62. The van der Waals surface area contributed by atoms with Crippen molar-refractivity contribution in [1.29, 1.82) is 0 Å². The summed E-state index contributed by atoms with van der Waals surface area (Å²) in [6.45, 7) is 2.53. The summed E-state index contributed by atoms with van der Waals surface area (Å²) in [5.41, 5.74) is 1.18. The van der Waals surface area contributed by atoms with Gasteiger partial charge in [-0.2, -0.15) is 0 Å². The van der Waals surface area contributed by atoms with E-state index in [0.717, 1.165) is 12.0 Å². The summed E-state index contributed by atoms with van der Waals surface area (Å²) in [6.07, 6.45) is 2.05. The van der Waals surface area contributed by atoms with Gasteiger partial charge < -0.3 is 4.90 Å². The highest BCUT2D eigenvalue weighted by Crippen LogP contribution is 2.51. The third-order valence-electron chi connectivity index (χ3n) is 6.16. The Morgan fingerprint density at radius 3 is 2.55 bits per heavy atom. The minimum Gasteiger partial charge on any atom is -0.341 e. The van der Waals surface area contributed by atoms with Gasteiger partial charge in [-0.1, -0.05) is 30.3 Å². The molecule has 0 aromatic heterocycles. The number of hydrogen-bond acceptors (Lipinski definition) is 3. The Morgan fingerprint density at radius 1 is 1.13 bits per heavy atom. The van der Waals surface area contributed by atoms with Crippen molar-refractivity contribution in [2.75, 3.05) is 18.8 Å². The molecule has 31 heavy (non-hydrogen) atoms. The monoisotopic (exact) mass is 448 g/mol. The van der Waals surface area contributed by atoms with Gasteiger partial charge in [0.2, 0.25) is 15.9 Å². The Kier molecular flexibility index (Phi) is 6.12. The Bertz CT molecular complexity index is 1070. The van der Waals surface area contributed by atoms with Crippen LogP contribution in [-0.4, -0.2) is 44.1 Å². The molecule has 5 nitrogen and oxygen atoms in total. The maximum Gasteiger partial charge on any atom is 0.226 e. The van der Waals surface area contributed by atoms with E-state index in [1.807, 2.05) is 12.1 Å². The van der Waals surface area contributed by atoms with Crippen LogP contribution in [0.15, 0.2) is 42.5 Å². The SMILES string of the molecule is CCS(=O)(=O)NC1CCCN(C(=O)C2CC2c2ccccc2-c2c(F)cccc2F)C1. The molecular weight excluding hydrogens is 422 g/mol. The van der Waals surface area contributed by atoms with Crippen LogP contribution in [0.2, 0.25) is 0 Å². The molecule has 2 fully saturated rings. The van der Waals surface area contributed by atoms with Crippen molar-refractivity contribution < 1.29 is 22.0 Å². The van der Waals surface area contributed by atoms with E-state index in [0.29, 0.717) is 31.5 Å². The molecule has 2 aliphatic rings. The summed E-state index contributed by atoms with van der Waals surface area (Å²) < 4.78 is 55.2. The van der Waals surface area contributed by atoms with Crippen molar-refractivity contribution in [2.24, 2.45) is 5.92 Å². The molecule has 1 N–H and O–H groups in total. The van der Waals surface area contributed by atoms with Crippen LogP contribution in [0.4, 0.5) is 8.78 Å². The van der Waals surface area contributed by atoms with Crippen LogP contribution in [-0.2, 0) is 14.8 Å². The van der Waals surface area contributed by atoms with Gasteiger partial charge in [0.1, 0.15) is 11.6 Å². The number of halogens is 2. The number of carbonyl (C=O) groups is 1. The summed E-state index contributed by atoms with van der Waals surface area (Å²) in [4.78, 5) is 14.8. The summed E-state index contributed by atoms with van der Waals surface area (Å²) >= 11 is 0. The van der Waals surface area contributed by atoms with Gasteiger partial charge in [-0.05, 0) is 55.4 Å². The number of nitrogens with zero attached hydrogens (tertiary/aromatic N) is 1. The largest absolute Gasteiger partial charge is 0.341 e. The zero-order valence-corrected chi connectivity index (χ0v) is 18.2. The smallest absolute Gasteiger partial charge is 0.226 e. The molecule has 166 valence electrons. The normalized spacial score (nSPS) is 23.6. The maximum atomic E-state index is 14.4. The predicted octanol–water partition coefficient (Wildman–Crippen LogP) is 3.67. The van der Waals surface area contributed by atoms with Crippen LogP contribution in [0.3, 0.4) is 0 Å². The van der Waals surface area contributed by atoms with E-state index in [1.54, 1.807) is 24.0 Å². The van der Waals surface area contributed by atoms with Crippen molar-refractivity contribution in [3.63, 3.8) is 0 Å². The Labute approximate surface area is 181 Å². The average molecular weight is 449 g/mol. The molecule has 1 saturated carbocycles. The van der Waals surface area contributed by atoms with Crippen LogP contribution >= 0.6 is 0 Å². The molecule has 1 aliphatic carbocycles. The highest BCUT2D eigenvalue weighted by Gasteiger charge is 2.47. The fraction of sp³-hybridized carbons (Fsp3) is 0.435. The molecule has 1 aliphatic heterocycles. The molecule has 1 heterocycles. The topological polar surface area (TPSA) is 66.5 Å². The lowest BCUT2D eigenvalue weighted by Crippen LogP contribution is -2.50. The summed E-state index contributed by atoms with van der Waals surface area (Å²) in [7, 11) is -3.33. The lowest BCUT2D eigenvalue weighted by molar-refractivity contribution is -0.133. The van der Waals surface area contributed by atoms with E-state index in [2.05, 4.69) is 4.72 Å². The van der Waals surface area contributed by atoms with E-state index in [4.69, 9.17) is 0 Å². The maximum absolute atomic E-state index is 14.4. The lowest BCUT2D eigenvalue weighted by Gasteiger charge is -2.33. The number of rotatable bonds is 6. The third-order valence-corrected chi connectivity index (χ3v) is 7.61. The molecule has 2 aromatic carbocycles. The molecule has 0 bridgehead atoms. The number of likely N-dealkylation sites (tertiary alicyclic amines) is 1. The first-order valence-electron chi connectivity index (χ1n) is 10.6. The van der Waals surface area contributed by atoms with Crippen molar-refractivity contribution >= 4 is 15.9 Å². The van der Waals surface area contributed by atoms with Crippen LogP contribution in [0.1, 0.15) is 37.7 Å². The minimum atomic E-state index is -3.33. The van der Waals surface area contributed by atoms with Gasteiger partial charge in [0.25, 0.3) is 0 Å². The van der Waals surface area contributed by atoms with Crippen LogP contribution in [0, 0.1) is 17.6 Å². The van der Waals surface area contributed by atoms with E-state index in [9.17, 15) is 22.0 Å². The van der Waals surface area contributed by atoms with E-state index < -0.39 is 21.7 Å². The fourth-order valence-electron chi connectivity index (χ4n) is 4.46. The molecule has 8 heteroatoms. The van der Waals surface area contributed by atoms with Gasteiger partial charge in [0.05, 0.1) is 11.3 Å². The minimum absolute atomic E-state index is 0.00549. The van der Waals surface area contributed by atoms with Crippen LogP contribution in [0.5, 0.6) is 0 Å². The Morgan fingerprint density at radius 2 is 1.84 bits per heavy atom. The summed E-state index contributed by atoms with van der Waals surface area (Å²) in [5, 5.41) is 0. The average Bonchev–Trinajstić information content (AvgIpc) is 3.54.